The SMILES string of the molecule is COC(=O)CC[C@H](C)[C@@H]1CC[C@@H]2C3=CC[C@@H]4C[C@H](OC(C)=O)CC[C@]4(C)C3=CC[C@]21C. The summed E-state index contributed by atoms with van der Waals surface area (Å²) in [7, 11) is 1.48. The molecule has 0 saturated heterocycles. The number of hydrogen-bond donors (Lipinski definition) is 0. The number of ether oxygens (including phenoxy) is 2. The first-order valence-corrected chi connectivity index (χ1v) is 12.3. The van der Waals surface area contributed by atoms with Crippen molar-refractivity contribution in [2.45, 2.75) is 91.6 Å². The number of rotatable bonds is 5. The van der Waals surface area contributed by atoms with E-state index in [1.807, 2.05) is 0 Å². The molecule has 31 heavy (non-hydrogen) atoms. The second-order valence-electron chi connectivity index (χ2n) is 11.2. The van der Waals surface area contributed by atoms with Crippen LogP contribution < -0.4 is 0 Å². The molecule has 0 amide bonds. The molecule has 2 fully saturated rings. The minimum atomic E-state index is -0.147. The Hall–Kier alpha value is -1.58. The van der Waals surface area contributed by atoms with E-state index in [4.69, 9.17) is 9.47 Å². The third-order valence-electron chi connectivity index (χ3n) is 9.56. The van der Waals surface area contributed by atoms with Crippen LogP contribution in [0.4, 0.5) is 0 Å². The van der Waals surface area contributed by atoms with E-state index in [0.29, 0.717) is 35.5 Å². The standard InChI is InChI=1S/C27H40O4/c1-17(6-11-25(29)30-5)22-9-10-23-21-8-7-19-16-20(31-18(2)28)12-14-26(19,3)24(21)13-15-27(22,23)4/h8,13,17,19-20,22-23H,6-7,9-12,14-16H2,1-5H3/t17-,19+,20+,22-,23+,26-,27-/m0/s1. The summed E-state index contributed by atoms with van der Waals surface area (Å²) in [6.07, 6.45) is 14.5. The van der Waals surface area contributed by atoms with Gasteiger partial charge in [-0.3, -0.25) is 9.59 Å². The third-order valence-corrected chi connectivity index (χ3v) is 9.56. The van der Waals surface area contributed by atoms with Crippen molar-refractivity contribution in [1.29, 1.82) is 0 Å². The number of allylic oxidation sites excluding steroid dienone is 4. The maximum absolute atomic E-state index is 11.7. The molecule has 7 atom stereocenters. The van der Waals surface area contributed by atoms with Crippen LogP contribution in [0, 0.1) is 34.5 Å². The second-order valence-corrected chi connectivity index (χ2v) is 11.2. The first-order valence-electron chi connectivity index (χ1n) is 12.3. The normalized spacial score (nSPS) is 39.9. The summed E-state index contributed by atoms with van der Waals surface area (Å²) in [5.74, 6) is 2.17. The van der Waals surface area contributed by atoms with Crippen molar-refractivity contribution in [3.8, 4) is 0 Å². The fraction of sp³-hybridized carbons (Fsp3) is 0.778. The Morgan fingerprint density at radius 2 is 1.97 bits per heavy atom. The van der Waals surface area contributed by atoms with Gasteiger partial charge in [0.2, 0.25) is 0 Å². The van der Waals surface area contributed by atoms with Gasteiger partial charge >= 0.3 is 11.9 Å². The minimum absolute atomic E-state index is 0.0873. The molecule has 0 aliphatic heterocycles. The molecule has 0 N–H and O–H groups in total. The highest BCUT2D eigenvalue weighted by Gasteiger charge is 2.55. The molecule has 0 aromatic carbocycles. The topological polar surface area (TPSA) is 52.6 Å². The van der Waals surface area contributed by atoms with E-state index >= 15 is 0 Å². The van der Waals surface area contributed by atoms with Gasteiger partial charge in [-0.25, -0.2) is 0 Å². The van der Waals surface area contributed by atoms with Crippen molar-refractivity contribution >= 4 is 11.9 Å². The minimum Gasteiger partial charge on any atom is -0.469 e. The maximum Gasteiger partial charge on any atom is 0.305 e. The summed E-state index contributed by atoms with van der Waals surface area (Å²) in [6.45, 7) is 8.84. The Bertz CT molecular complexity index is 795. The van der Waals surface area contributed by atoms with Crippen LogP contribution >= 0.6 is 0 Å². The van der Waals surface area contributed by atoms with Crippen LogP contribution in [0.2, 0.25) is 0 Å². The number of fused-ring (bicyclic) bond motifs is 5. The van der Waals surface area contributed by atoms with E-state index in [1.165, 1.54) is 26.9 Å². The number of methoxy groups -OCH3 is 1. The monoisotopic (exact) mass is 428 g/mol. The predicted molar refractivity (Wildman–Crippen MR) is 121 cm³/mol. The highest BCUT2D eigenvalue weighted by atomic mass is 16.5. The maximum atomic E-state index is 11.7. The molecular weight excluding hydrogens is 388 g/mol. The van der Waals surface area contributed by atoms with Gasteiger partial charge in [-0.1, -0.05) is 32.9 Å². The molecule has 0 heterocycles. The Morgan fingerprint density at radius 3 is 2.68 bits per heavy atom. The Labute approximate surface area is 187 Å². The predicted octanol–water partition coefficient (Wildman–Crippen LogP) is 6.01. The number of esters is 2. The Balaban J connectivity index is 1.52. The van der Waals surface area contributed by atoms with E-state index in [0.717, 1.165) is 38.5 Å². The molecule has 4 rings (SSSR count). The van der Waals surface area contributed by atoms with E-state index in [1.54, 1.807) is 11.1 Å². The molecule has 0 aromatic heterocycles. The van der Waals surface area contributed by atoms with Crippen molar-refractivity contribution in [1.82, 2.24) is 0 Å². The first-order chi connectivity index (χ1) is 14.7. The zero-order chi connectivity index (χ0) is 22.4. The Kier molecular flexibility index (Phi) is 6.13. The lowest BCUT2D eigenvalue weighted by molar-refractivity contribution is -0.150. The fourth-order valence-corrected chi connectivity index (χ4v) is 7.78. The fourth-order valence-electron chi connectivity index (χ4n) is 7.78. The van der Waals surface area contributed by atoms with Gasteiger partial charge in [0.1, 0.15) is 6.10 Å². The summed E-state index contributed by atoms with van der Waals surface area (Å²) < 4.78 is 10.5. The summed E-state index contributed by atoms with van der Waals surface area (Å²) in [4.78, 5) is 23.1. The van der Waals surface area contributed by atoms with Crippen LogP contribution in [-0.4, -0.2) is 25.2 Å². The lowest BCUT2D eigenvalue weighted by atomic mass is 9.51. The van der Waals surface area contributed by atoms with E-state index in [-0.39, 0.29) is 23.5 Å². The van der Waals surface area contributed by atoms with Gasteiger partial charge in [0.05, 0.1) is 7.11 Å². The Morgan fingerprint density at radius 1 is 1.19 bits per heavy atom. The summed E-state index contributed by atoms with van der Waals surface area (Å²) in [5, 5.41) is 0. The van der Waals surface area contributed by atoms with Crippen LogP contribution in [0.3, 0.4) is 0 Å². The molecule has 2 saturated carbocycles. The summed E-state index contributed by atoms with van der Waals surface area (Å²) in [5.41, 5.74) is 3.75. The number of carbonyl (C=O) groups is 2. The molecule has 0 aromatic rings. The average Bonchev–Trinajstić information content (AvgIpc) is 3.09. The molecule has 0 spiro atoms. The quantitative estimate of drug-likeness (QED) is 0.504. The van der Waals surface area contributed by atoms with Gasteiger partial charge < -0.3 is 9.47 Å². The largest absolute Gasteiger partial charge is 0.469 e. The van der Waals surface area contributed by atoms with E-state index < -0.39 is 0 Å². The van der Waals surface area contributed by atoms with E-state index in [2.05, 4.69) is 32.9 Å². The van der Waals surface area contributed by atoms with Gasteiger partial charge in [-0.05, 0) is 97.0 Å². The smallest absolute Gasteiger partial charge is 0.305 e. The molecular formula is C27H40O4. The highest BCUT2D eigenvalue weighted by molar-refractivity contribution is 5.69. The third kappa shape index (κ3) is 3.89. The molecule has 0 radical (unpaired) electrons. The number of carbonyl (C=O) groups excluding carboxylic acids is 2. The summed E-state index contributed by atoms with van der Waals surface area (Å²) >= 11 is 0. The van der Waals surface area contributed by atoms with Gasteiger partial charge in [0, 0.05) is 13.3 Å². The molecule has 4 heteroatoms. The molecule has 4 aliphatic carbocycles. The van der Waals surface area contributed by atoms with E-state index in [9.17, 15) is 9.59 Å². The zero-order valence-electron chi connectivity index (χ0n) is 20.0. The van der Waals surface area contributed by atoms with Crippen molar-refractivity contribution in [2.75, 3.05) is 7.11 Å². The van der Waals surface area contributed by atoms with Crippen molar-refractivity contribution in [3.63, 3.8) is 0 Å². The van der Waals surface area contributed by atoms with Crippen LogP contribution in [0.1, 0.15) is 85.5 Å². The molecule has 0 bridgehead atoms. The van der Waals surface area contributed by atoms with Crippen molar-refractivity contribution in [2.24, 2.45) is 34.5 Å². The lowest BCUT2D eigenvalue weighted by Crippen LogP contribution is -2.45. The van der Waals surface area contributed by atoms with Crippen LogP contribution in [0.5, 0.6) is 0 Å². The van der Waals surface area contributed by atoms with Crippen LogP contribution in [0.15, 0.2) is 23.3 Å². The van der Waals surface area contributed by atoms with Gasteiger partial charge in [-0.2, -0.15) is 0 Å². The molecule has 4 nitrogen and oxygen atoms in total. The van der Waals surface area contributed by atoms with Crippen LogP contribution in [-0.2, 0) is 19.1 Å². The highest BCUT2D eigenvalue weighted by Crippen LogP contribution is 2.65. The van der Waals surface area contributed by atoms with Crippen molar-refractivity contribution < 1.29 is 19.1 Å². The lowest BCUT2D eigenvalue weighted by Gasteiger charge is -2.53. The van der Waals surface area contributed by atoms with Crippen LogP contribution in [0.25, 0.3) is 0 Å². The molecule has 4 aliphatic rings. The zero-order valence-corrected chi connectivity index (χ0v) is 20.0. The second kappa shape index (κ2) is 8.41. The van der Waals surface area contributed by atoms with Gasteiger partial charge in [0.25, 0.3) is 0 Å². The number of hydrogen-bond acceptors (Lipinski definition) is 4. The molecule has 0 unspecified atom stereocenters. The summed E-state index contributed by atoms with van der Waals surface area (Å²) in [6, 6.07) is 0. The van der Waals surface area contributed by atoms with Crippen molar-refractivity contribution in [3.05, 3.63) is 23.3 Å². The average molecular weight is 429 g/mol. The molecule has 172 valence electrons. The van der Waals surface area contributed by atoms with Gasteiger partial charge in [-0.15, -0.1) is 0 Å². The van der Waals surface area contributed by atoms with Gasteiger partial charge in [0.15, 0.2) is 0 Å². The first kappa shape index (κ1) is 22.6.